The first-order chi connectivity index (χ1) is 29.6. The maximum Gasteiger partial charge on any atom is 0.284 e. The summed E-state index contributed by atoms with van der Waals surface area (Å²) in [5.74, 6) is -2.09. The summed E-state index contributed by atoms with van der Waals surface area (Å²) in [6, 6.07) is 18.9. The fourth-order valence-corrected chi connectivity index (χ4v) is 8.51. The number of nitrogens with zero attached hydrogens (tertiary/aromatic N) is 3. The highest BCUT2D eigenvalue weighted by molar-refractivity contribution is 6.68. The van der Waals surface area contributed by atoms with Crippen molar-refractivity contribution in [3.63, 3.8) is 0 Å². The molecule has 2 bridgehead atoms. The molecule has 18 heteroatoms. The summed E-state index contributed by atoms with van der Waals surface area (Å²) >= 11 is 0. The number of amides is 1. The van der Waals surface area contributed by atoms with Crippen molar-refractivity contribution in [2.24, 2.45) is 9.98 Å². The van der Waals surface area contributed by atoms with E-state index in [9.17, 15) is 29.7 Å². The normalized spacial score (nSPS) is 25.7. The molecule has 314 valence electrons. The van der Waals surface area contributed by atoms with Gasteiger partial charge in [0, 0.05) is 46.5 Å². The number of pyridine rings is 1. The smallest absolute Gasteiger partial charge is 0.284 e. The minimum atomic E-state index is -1.54. The zero-order chi connectivity index (χ0) is 42.4. The number of nitrogens with two attached hydrogens (primary N) is 1. The molecular formula is C43H42N7O11+. The quantitative estimate of drug-likeness (QED) is 0.105. The highest BCUT2D eigenvalue weighted by Crippen LogP contribution is 2.49. The van der Waals surface area contributed by atoms with Crippen molar-refractivity contribution in [3.8, 4) is 11.5 Å². The van der Waals surface area contributed by atoms with Gasteiger partial charge >= 0.3 is 0 Å². The van der Waals surface area contributed by atoms with Gasteiger partial charge in [0.25, 0.3) is 11.7 Å². The summed E-state index contributed by atoms with van der Waals surface area (Å²) < 4.78 is 31.9. The van der Waals surface area contributed by atoms with Crippen LogP contribution in [0.5, 0.6) is 11.5 Å². The van der Waals surface area contributed by atoms with Crippen LogP contribution >= 0.6 is 0 Å². The number of hydrogen-bond acceptors (Lipinski definition) is 15. The Hall–Kier alpha value is -6.25. The van der Waals surface area contributed by atoms with Crippen LogP contribution in [0.4, 0.5) is 11.5 Å². The Morgan fingerprint density at radius 2 is 1.74 bits per heavy atom. The summed E-state index contributed by atoms with van der Waals surface area (Å²) in [6.45, 7) is -0.696. The molecule has 9 rings (SSSR count). The van der Waals surface area contributed by atoms with Crippen LogP contribution in [-0.4, -0.2) is 126 Å². The van der Waals surface area contributed by atoms with Crippen LogP contribution in [-0.2, 0) is 25.4 Å². The number of carbonyl (C=O) groups is 3. The molecular weight excluding hydrogens is 791 g/mol. The number of aliphatic imine (C=N–C) groups is 2. The third kappa shape index (κ3) is 7.37. The van der Waals surface area contributed by atoms with Gasteiger partial charge in [0.2, 0.25) is 18.0 Å². The Morgan fingerprint density at radius 1 is 0.951 bits per heavy atom. The first-order valence-corrected chi connectivity index (χ1v) is 19.8. The molecule has 5 aliphatic rings. The number of aromatic nitrogens is 1. The fraction of sp³-hybridized carbons (Fsp3) is 0.326. The van der Waals surface area contributed by atoms with Gasteiger partial charge in [-0.2, -0.15) is 4.99 Å². The van der Waals surface area contributed by atoms with E-state index in [1.54, 1.807) is 48.7 Å². The Morgan fingerprint density at radius 3 is 2.54 bits per heavy atom. The second-order valence-electron chi connectivity index (χ2n) is 15.0. The average Bonchev–Trinajstić information content (AvgIpc) is 3.67. The molecule has 1 aliphatic carbocycles. The number of ether oxygens (including phenoxy) is 5. The molecule has 7 atom stereocenters. The number of benzene rings is 3. The number of rotatable bonds is 9. The summed E-state index contributed by atoms with van der Waals surface area (Å²) in [5, 5.41) is 43.6. The summed E-state index contributed by atoms with van der Waals surface area (Å²) in [5.41, 5.74) is 8.82. The number of aliphatic hydroxyl groups is 3. The predicted octanol–water partition coefficient (Wildman–Crippen LogP) is 0.207. The second kappa shape index (κ2) is 16.7. The number of nitrogens with one attached hydrogen (secondary N) is 3. The van der Waals surface area contributed by atoms with Crippen LogP contribution < -0.4 is 25.4 Å². The van der Waals surface area contributed by atoms with Gasteiger partial charge in [-0.15, -0.1) is 0 Å². The van der Waals surface area contributed by atoms with Gasteiger partial charge in [-0.05, 0) is 42.7 Å². The molecule has 0 saturated carbocycles. The molecule has 1 aromatic heterocycles. The number of nitrogen functional groups attached to an aromatic ring is 1. The lowest BCUT2D eigenvalue weighted by atomic mass is 9.79. The van der Waals surface area contributed by atoms with Crippen LogP contribution in [0.15, 0.2) is 82.9 Å². The Labute approximate surface area is 348 Å². The topological polar surface area (TPSA) is 262 Å². The minimum absolute atomic E-state index is 0.0261. The van der Waals surface area contributed by atoms with Crippen LogP contribution in [0, 0.1) is 5.41 Å². The van der Waals surface area contributed by atoms with Crippen molar-refractivity contribution in [1.82, 2.24) is 10.3 Å². The van der Waals surface area contributed by atoms with E-state index < -0.39 is 60.7 Å². The summed E-state index contributed by atoms with van der Waals surface area (Å²) in [6.07, 6.45) is -4.67. The Balaban J connectivity index is 1.22. The van der Waals surface area contributed by atoms with Crippen molar-refractivity contribution >= 4 is 46.5 Å². The van der Waals surface area contributed by atoms with Crippen molar-refractivity contribution in [1.29, 1.82) is 5.41 Å². The summed E-state index contributed by atoms with van der Waals surface area (Å²) in [4.78, 5) is 55.3. The fourth-order valence-electron chi connectivity index (χ4n) is 8.51. The first-order valence-electron chi connectivity index (χ1n) is 19.8. The van der Waals surface area contributed by atoms with Crippen LogP contribution in [0.1, 0.15) is 60.9 Å². The van der Waals surface area contributed by atoms with Gasteiger partial charge in [-0.3, -0.25) is 25.1 Å². The van der Waals surface area contributed by atoms with Crippen molar-refractivity contribution in [2.75, 3.05) is 45.4 Å². The minimum Gasteiger partial charge on any atom is -0.486 e. The molecule has 4 aliphatic heterocycles. The predicted molar refractivity (Wildman–Crippen MR) is 216 cm³/mol. The maximum atomic E-state index is 14.5. The van der Waals surface area contributed by atoms with E-state index in [1.165, 1.54) is 0 Å². The maximum absolute atomic E-state index is 14.5. The lowest BCUT2D eigenvalue weighted by molar-refractivity contribution is -0.723. The monoisotopic (exact) mass is 832 g/mol. The molecule has 8 N–H and O–H groups in total. The number of guanidine groups is 1. The number of aliphatic hydroxyl groups excluding tert-OH is 3. The highest BCUT2D eigenvalue weighted by Gasteiger charge is 2.49. The number of amidine groups is 1. The van der Waals surface area contributed by atoms with Crippen LogP contribution in [0.2, 0.25) is 0 Å². The molecule has 4 aromatic rings. The standard InChI is InChI=1S/C43H41N7O11/c44-30-17-21(9-12-46-30)10-15-58-39-36(55)35(54)29-19-57-14-11-22(23-5-3-4-8-28(23)50-20-47-32-40(50)48-43(45)49-41(32)56)26-18-27-31(34(53)25-7-2-1-6-24(25)33(27)52)38(59-16-13-51)37(26)61-42(39)60-29/h1-9,12,17-18,22,29,35-36,39,42,51,54-55H,10-11,13-16,19-20H2,(H2,44,46)(H2,45,49,56)/p+1/t22-,29-,35-,36+,39-,42+/m0/s1. The lowest BCUT2D eigenvalue weighted by Gasteiger charge is -2.42. The second-order valence-corrected chi connectivity index (χ2v) is 15.0. The van der Waals surface area contributed by atoms with E-state index >= 15 is 0 Å². The van der Waals surface area contributed by atoms with Gasteiger partial charge in [0.15, 0.2) is 29.7 Å². The van der Waals surface area contributed by atoms with Gasteiger partial charge in [0.1, 0.15) is 42.5 Å². The molecule has 0 radical (unpaired) electrons. The van der Waals surface area contributed by atoms with Crippen LogP contribution in [0.25, 0.3) is 0 Å². The third-order valence-corrected chi connectivity index (χ3v) is 11.4. The molecule has 1 saturated heterocycles. The molecule has 18 nitrogen and oxygen atoms in total. The number of ketones is 2. The van der Waals surface area contributed by atoms with E-state index in [2.05, 4.69) is 20.3 Å². The highest BCUT2D eigenvalue weighted by atomic mass is 16.7. The van der Waals surface area contributed by atoms with Crippen molar-refractivity contribution in [3.05, 3.63) is 112 Å². The molecule has 1 unspecified atom stereocenters. The average molecular weight is 833 g/mol. The third-order valence-electron chi connectivity index (χ3n) is 11.4. The zero-order valence-corrected chi connectivity index (χ0v) is 32.6. The molecule has 1 amide bonds. The van der Waals surface area contributed by atoms with Gasteiger partial charge < -0.3 is 44.7 Å². The zero-order valence-electron chi connectivity index (χ0n) is 32.6. The number of carbonyl (C=O) groups excluding carboxylic acids is 3. The van der Waals surface area contributed by atoms with E-state index in [1.807, 2.05) is 24.3 Å². The van der Waals surface area contributed by atoms with Crippen molar-refractivity contribution < 1.29 is 58.3 Å². The number of quaternary nitrogens is 1. The van der Waals surface area contributed by atoms with E-state index in [4.69, 9.17) is 34.8 Å². The van der Waals surface area contributed by atoms with E-state index in [0.717, 1.165) is 5.56 Å². The van der Waals surface area contributed by atoms with Gasteiger partial charge in [-0.1, -0.05) is 42.5 Å². The molecule has 5 heterocycles. The summed E-state index contributed by atoms with van der Waals surface area (Å²) in [7, 11) is 0. The number of hydrogen-bond donors (Lipinski definition) is 7. The molecule has 61 heavy (non-hydrogen) atoms. The number of para-hydroxylation sites is 1. The number of fused-ring (bicyclic) bond motifs is 6. The Bertz CT molecular complexity index is 2510. The lowest BCUT2D eigenvalue weighted by Crippen LogP contribution is -3.09. The SMILES string of the molecule is N=C1N=C2C(=NC[NH+]2c2ccccc2[C@@H]2CCOC[C@@H]3O[C@H](Oc4c2cc2c(c4OCCO)C(=O)c4ccccc4C2=O)[C@@H](OCCc2ccnc(N)c2)[C@H](O)[C@H]3O)C(=O)N1. The van der Waals surface area contributed by atoms with Crippen molar-refractivity contribution in [2.45, 2.75) is 49.5 Å². The van der Waals surface area contributed by atoms with Crippen LogP contribution in [0.3, 0.4) is 0 Å². The van der Waals surface area contributed by atoms with Gasteiger partial charge in [-0.25, -0.2) is 14.9 Å². The molecule has 3 aromatic carbocycles. The first kappa shape index (κ1) is 40.2. The number of anilines is 1. The molecule has 0 spiro atoms. The van der Waals surface area contributed by atoms with E-state index in [0.29, 0.717) is 34.0 Å². The largest absolute Gasteiger partial charge is 0.486 e. The van der Waals surface area contributed by atoms with Gasteiger partial charge in [0.05, 0.1) is 25.4 Å². The van der Waals surface area contributed by atoms with E-state index in [-0.39, 0.29) is 90.8 Å². The Kier molecular flexibility index (Phi) is 11.0. The molecule has 1 fully saturated rings.